The molecule has 0 unspecified atom stereocenters. The number of carboxylic acids is 1. The average molecular weight is 340 g/mol. The molecule has 0 aliphatic carbocycles. The van der Waals surface area contributed by atoms with E-state index in [0.717, 1.165) is 0 Å². The molecule has 0 heterocycles. The standard InChI is InChI=1S/C14H11Cl2N3O3/c15-11-6-5-10(7-12(11)16)17-14(22)19-18-9-3-1-8(2-4-9)13(20)21/h1-7,18H,(H,20,21)(H2,17,19,22). The first-order valence-electron chi connectivity index (χ1n) is 6.07. The van der Waals surface area contributed by atoms with Crippen molar-refractivity contribution in [2.75, 3.05) is 10.7 Å². The molecular formula is C14H11Cl2N3O3. The Bertz CT molecular complexity index is 705. The van der Waals surface area contributed by atoms with Crippen LogP contribution in [0.15, 0.2) is 42.5 Å². The molecule has 2 aromatic rings. The van der Waals surface area contributed by atoms with Crippen LogP contribution in [0, 0.1) is 0 Å². The number of carboxylic acid groups (broad SMARTS) is 1. The lowest BCUT2D eigenvalue weighted by Gasteiger charge is -2.10. The topological polar surface area (TPSA) is 90.5 Å². The Morgan fingerprint density at radius 3 is 2.14 bits per heavy atom. The average Bonchev–Trinajstić information content (AvgIpc) is 2.49. The number of amides is 2. The zero-order chi connectivity index (χ0) is 16.1. The molecule has 114 valence electrons. The number of carbonyl (C=O) groups is 2. The highest BCUT2D eigenvalue weighted by Crippen LogP contribution is 2.24. The van der Waals surface area contributed by atoms with E-state index in [9.17, 15) is 9.59 Å². The van der Waals surface area contributed by atoms with Crippen LogP contribution in [0.2, 0.25) is 10.0 Å². The molecule has 0 bridgehead atoms. The van der Waals surface area contributed by atoms with Gasteiger partial charge in [0.2, 0.25) is 0 Å². The summed E-state index contributed by atoms with van der Waals surface area (Å²) >= 11 is 11.6. The van der Waals surface area contributed by atoms with Gasteiger partial charge in [0.25, 0.3) is 0 Å². The number of aromatic carboxylic acids is 1. The van der Waals surface area contributed by atoms with Crippen LogP contribution >= 0.6 is 23.2 Å². The van der Waals surface area contributed by atoms with Crippen molar-refractivity contribution in [3.63, 3.8) is 0 Å². The predicted molar refractivity (Wildman–Crippen MR) is 85.6 cm³/mol. The minimum Gasteiger partial charge on any atom is -0.478 e. The predicted octanol–water partition coefficient (Wildman–Crippen LogP) is 3.84. The number of halogens is 2. The molecule has 0 aliphatic heterocycles. The monoisotopic (exact) mass is 339 g/mol. The number of rotatable bonds is 4. The lowest BCUT2D eigenvalue weighted by molar-refractivity contribution is 0.0697. The second-order valence-corrected chi connectivity index (χ2v) is 5.03. The summed E-state index contributed by atoms with van der Waals surface area (Å²) in [6.07, 6.45) is 0. The van der Waals surface area contributed by atoms with Crippen LogP contribution in [0.5, 0.6) is 0 Å². The first-order valence-corrected chi connectivity index (χ1v) is 6.83. The molecule has 0 atom stereocenters. The highest BCUT2D eigenvalue weighted by Gasteiger charge is 2.05. The maximum atomic E-state index is 11.7. The summed E-state index contributed by atoms with van der Waals surface area (Å²) in [4.78, 5) is 22.4. The van der Waals surface area contributed by atoms with E-state index in [1.807, 2.05) is 0 Å². The Balaban J connectivity index is 1.89. The molecule has 0 spiro atoms. The summed E-state index contributed by atoms with van der Waals surface area (Å²) in [7, 11) is 0. The van der Waals surface area contributed by atoms with E-state index in [1.54, 1.807) is 12.1 Å². The van der Waals surface area contributed by atoms with E-state index in [0.29, 0.717) is 21.4 Å². The van der Waals surface area contributed by atoms with Crippen LogP contribution in [-0.4, -0.2) is 17.1 Å². The number of hydrogen-bond donors (Lipinski definition) is 4. The highest BCUT2D eigenvalue weighted by molar-refractivity contribution is 6.42. The van der Waals surface area contributed by atoms with Crippen molar-refractivity contribution in [3.8, 4) is 0 Å². The summed E-state index contributed by atoms with van der Waals surface area (Å²) < 4.78 is 0. The smallest absolute Gasteiger partial charge is 0.337 e. The number of hydrogen-bond acceptors (Lipinski definition) is 3. The molecule has 0 saturated carbocycles. The largest absolute Gasteiger partial charge is 0.478 e. The van der Waals surface area contributed by atoms with Gasteiger partial charge in [-0.1, -0.05) is 23.2 Å². The van der Waals surface area contributed by atoms with Gasteiger partial charge in [-0.3, -0.25) is 10.9 Å². The lowest BCUT2D eigenvalue weighted by Crippen LogP contribution is -2.33. The molecule has 0 saturated heterocycles. The molecule has 2 aromatic carbocycles. The van der Waals surface area contributed by atoms with Crippen molar-refractivity contribution in [2.24, 2.45) is 0 Å². The van der Waals surface area contributed by atoms with Crippen LogP contribution in [0.1, 0.15) is 10.4 Å². The van der Waals surface area contributed by atoms with Crippen LogP contribution < -0.4 is 16.2 Å². The fraction of sp³-hybridized carbons (Fsp3) is 0. The van der Waals surface area contributed by atoms with Gasteiger partial charge in [-0.15, -0.1) is 0 Å². The Hall–Kier alpha value is -2.44. The minimum atomic E-state index is -1.02. The molecule has 6 nitrogen and oxygen atoms in total. The van der Waals surface area contributed by atoms with Crippen molar-refractivity contribution >= 4 is 46.6 Å². The van der Waals surface area contributed by atoms with E-state index in [2.05, 4.69) is 16.2 Å². The maximum absolute atomic E-state index is 11.7. The molecule has 8 heteroatoms. The summed E-state index contributed by atoms with van der Waals surface area (Å²) in [5.41, 5.74) is 6.23. The zero-order valence-corrected chi connectivity index (χ0v) is 12.6. The normalized spacial score (nSPS) is 9.91. The third kappa shape index (κ3) is 4.28. The molecular weight excluding hydrogens is 329 g/mol. The van der Waals surface area contributed by atoms with E-state index in [-0.39, 0.29) is 5.56 Å². The minimum absolute atomic E-state index is 0.158. The molecule has 0 aliphatic rings. The summed E-state index contributed by atoms with van der Waals surface area (Å²) in [5.74, 6) is -1.02. The molecule has 4 N–H and O–H groups in total. The quantitative estimate of drug-likeness (QED) is 0.637. The van der Waals surface area contributed by atoms with E-state index >= 15 is 0 Å². The van der Waals surface area contributed by atoms with Crippen molar-refractivity contribution < 1.29 is 14.7 Å². The Morgan fingerprint density at radius 1 is 0.909 bits per heavy atom. The number of carbonyl (C=O) groups excluding carboxylic acids is 1. The van der Waals surface area contributed by atoms with Gasteiger partial charge in [0.1, 0.15) is 0 Å². The zero-order valence-electron chi connectivity index (χ0n) is 11.1. The lowest BCUT2D eigenvalue weighted by atomic mass is 10.2. The maximum Gasteiger partial charge on any atom is 0.337 e. The summed E-state index contributed by atoms with van der Waals surface area (Å²) in [5, 5.41) is 12.1. The van der Waals surface area contributed by atoms with Gasteiger partial charge in [-0.05, 0) is 42.5 Å². The summed E-state index contributed by atoms with van der Waals surface area (Å²) in [6, 6.07) is 10.1. The molecule has 2 amide bonds. The Kier molecular flexibility index (Phi) is 5.08. The van der Waals surface area contributed by atoms with Gasteiger partial charge in [0.05, 0.1) is 21.3 Å². The molecule has 0 aromatic heterocycles. The first-order chi connectivity index (χ1) is 10.5. The fourth-order valence-corrected chi connectivity index (χ4v) is 1.86. The number of hydrazine groups is 1. The van der Waals surface area contributed by atoms with Crippen molar-refractivity contribution in [1.82, 2.24) is 5.43 Å². The van der Waals surface area contributed by atoms with Gasteiger partial charge in [0.15, 0.2) is 0 Å². The summed E-state index contributed by atoms with van der Waals surface area (Å²) in [6.45, 7) is 0. The molecule has 0 fully saturated rings. The van der Waals surface area contributed by atoms with E-state index in [1.165, 1.54) is 30.3 Å². The van der Waals surface area contributed by atoms with Gasteiger partial charge in [0, 0.05) is 5.69 Å². The van der Waals surface area contributed by atoms with Gasteiger partial charge in [-0.25, -0.2) is 9.59 Å². The third-order valence-electron chi connectivity index (χ3n) is 2.63. The van der Waals surface area contributed by atoms with Gasteiger partial charge < -0.3 is 10.4 Å². The first kappa shape index (κ1) is 15.9. The van der Waals surface area contributed by atoms with Crippen molar-refractivity contribution in [1.29, 1.82) is 0 Å². The number of urea groups is 1. The Labute approximate surface area is 136 Å². The Morgan fingerprint density at radius 2 is 1.55 bits per heavy atom. The second kappa shape index (κ2) is 7.02. The van der Waals surface area contributed by atoms with E-state index < -0.39 is 12.0 Å². The second-order valence-electron chi connectivity index (χ2n) is 4.22. The van der Waals surface area contributed by atoms with Crippen LogP contribution in [0.3, 0.4) is 0 Å². The highest BCUT2D eigenvalue weighted by atomic mass is 35.5. The van der Waals surface area contributed by atoms with Crippen LogP contribution in [0.4, 0.5) is 16.2 Å². The van der Waals surface area contributed by atoms with Crippen LogP contribution in [-0.2, 0) is 0 Å². The molecule has 0 radical (unpaired) electrons. The van der Waals surface area contributed by atoms with Crippen molar-refractivity contribution in [2.45, 2.75) is 0 Å². The number of anilines is 2. The SMILES string of the molecule is O=C(NNc1ccc(C(=O)O)cc1)Nc1ccc(Cl)c(Cl)c1. The molecule has 2 rings (SSSR count). The molecule has 22 heavy (non-hydrogen) atoms. The number of nitrogens with one attached hydrogen (secondary N) is 3. The van der Waals surface area contributed by atoms with Crippen molar-refractivity contribution in [3.05, 3.63) is 58.1 Å². The third-order valence-corrected chi connectivity index (χ3v) is 3.37. The van der Waals surface area contributed by atoms with Gasteiger partial charge in [-0.2, -0.15) is 0 Å². The fourth-order valence-electron chi connectivity index (χ4n) is 1.56. The van der Waals surface area contributed by atoms with E-state index in [4.69, 9.17) is 28.3 Å². The van der Waals surface area contributed by atoms with Crippen LogP contribution in [0.25, 0.3) is 0 Å². The van der Waals surface area contributed by atoms with Gasteiger partial charge >= 0.3 is 12.0 Å². The number of benzene rings is 2.